The van der Waals surface area contributed by atoms with Crippen LogP contribution in [0.5, 0.6) is 0 Å². The Kier molecular flexibility index (Phi) is 4.21. The third-order valence-corrected chi connectivity index (χ3v) is 3.98. The lowest BCUT2D eigenvalue weighted by Gasteiger charge is -2.06. The van der Waals surface area contributed by atoms with Crippen LogP contribution < -0.4 is 5.32 Å². The highest BCUT2D eigenvalue weighted by Crippen LogP contribution is 2.18. The first-order valence-corrected chi connectivity index (χ1v) is 8.17. The van der Waals surface area contributed by atoms with Crippen molar-refractivity contribution in [1.29, 1.82) is 0 Å². The Morgan fingerprint density at radius 2 is 1.72 bits per heavy atom. The van der Waals surface area contributed by atoms with E-state index < -0.39 is 0 Å². The molecule has 0 amide bonds. The number of hydrogen-bond donors (Lipinski definition) is 1. The lowest BCUT2D eigenvalue weighted by molar-refractivity contribution is 1.07. The highest BCUT2D eigenvalue weighted by molar-refractivity contribution is 5.88. The zero-order chi connectivity index (χ0) is 16.9. The molecule has 0 aliphatic rings. The van der Waals surface area contributed by atoms with Gasteiger partial charge in [0.15, 0.2) is 0 Å². The fourth-order valence-electron chi connectivity index (χ4n) is 2.76. The van der Waals surface area contributed by atoms with Gasteiger partial charge in [0.25, 0.3) is 0 Å². The van der Waals surface area contributed by atoms with E-state index in [4.69, 9.17) is 0 Å². The van der Waals surface area contributed by atoms with Crippen molar-refractivity contribution < 1.29 is 0 Å². The Balaban J connectivity index is 1.45. The lowest BCUT2D eigenvalue weighted by atomic mass is 10.1. The minimum Gasteiger partial charge on any atom is -0.368 e. The normalized spacial score (nSPS) is 10.4. The zero-order valence-corrected chi connectivity index (χ0v) is 13.6. The fourth-order valence-corrected chi connectivity index (χ4v) is 2.76. The average Bonchev–Trinajstić information content (AvgIpc) is 2.68. The van der Waals surface area contributed by atoms with Crippen LogP contribution >= 0.6 is 0 Å². The molecule has 0 fully saturated rings. The third kappa shape index (κ3) is 3.26. The number of aromatic nitrogens is 3. The zero-order valence-electron chi connectivity index (χ0n) is 13.6. The number of para-hydroxylation sites is 1. The molecule has 120 valence electrons. The van der Waals surface area contributed by atoms with E-state index >= 15 is 0 Å². The molecule has 2 aromatic carbocycles. The van der Waals surface area contributed by atoms with Gasteiger partial charge >= 0.3 is 0 Å². The number of anilines is 1. The molecule has 0 radical (unpaired) electrons. The summed E-state index contributed by atoms with van der Waals surface area (Å²) >= 11 is 0. The predicted octanol–water partition coefficient (Wildman–Crippen LogP) is 4.03. The summed E-state index contributed by atoms with van der Waals surface area (Å²) in [7, 11) is 0. The van der Waals surface area contributed by atoms with Gasteiger partial charge < -0.3 is 5.32 Å². The standard InChI is InChI=1S/C21H16N4/c1-2-9-18-16(7-1)13-22-14-17(18)8-5-6-12-23-21-19-10-3-4-11-20(19)24-15-25-21/h1-4,7,9-11,13-15H,6,12H2,(H,23,24,25). The first-order valence-electron chi connectivity index (χ1n) is 8.17. The molecule has 25 heavy (non-hydrogen) atoms. The van der Waals surface area contributed by atoms with Crippen LogP contribution in [0.1, 0.15) is 12.0 Å². The summed E-state index contributed by atoms with van der Waals surface area (Å²) in [6.07, 6.45) is 5.99. The molecule has 0 aliphatic heterocycles. The van der Waals surface area contributed by atoms with E-state index in [0.717, 1.165) is 46.0 Å². The molecule has 1 N–H and O–H groups in total. The summed E-state index contributed by atoms with van der Waals surface area (Å²) in [5.74, 6) is 7.29. The summed E-state index contributed by atoms with van der Waals surface area (Å²) in [4.78, 5) is 12.9. The molecule has 0 bridgehead atoms. The van der Waals surface area contributed by atoms with Crippen molar-refractivity contribution in [3.05, 3.63) is 72.8 Å². The van der Waals surface area contributed by atoms with Gasteiger partial charge in [-0.05, 0) is 12.1 Å². The second kappa shape index (κ2) is 6.98. The largest absolute Gasteiger partial charge is 0.368 e. The van der Waals surface area contributed by atoms with Gasteiger partial charge in [-0.15, -0.1) is 0 Å². The van der Waals surface area contributed by atoms with Crippen LogP contribution in [0.25, 0.3) is 21.7 Å². The Morgan fingerprint density at radius 3 is 2.68 bits per heavy atom. The fraction of sp³-hybridized carbons (Fsp3) is 0.0952. The summed E-state index contributed by atoms with van der Waals surface area (Å²) in [6.45, 7) is 0.728. The number of nitrogens with zero attached hydrogens (tertiary/aromatic N) is 3. The van der Waals surface area contributed by atoms with Crippen LogP contribution in [0.15, 0.2) is 67.3 Å². The Morgan fingerprint density at radius 1 is 0.880 bits per heavy atom. The topological polar surface area (TPSA) is 50.7 Å². The van der Waals surface area contributed by atoms with E-state index in [1.807, 2.05) is 48.8 Å². The summed E-state index contributed by atoms with van der Waals surface area (Å²) < 4.78 is 0. The van der Waals surface area contributed by atoms with Crippen molar-refractivity contribution in [2.24, 2.45) is 0 Å². The summed E-state index contributed by atoms with van der Waals surface area (Å²) in [5.41, 5.74) is 1.90. The minimum absolute atomic E-state index is 0.724. The van der Waals surface area contributed by atoms with Gasteiger partial charge in [-0.1, -0.05) is 48.2 Å². The Labute approximate surface area is 146 Å². The van der Waals surface area contributed by atoms with Gasteiger partial charge in [-0.3, -0.25) is 4.98 Å². The van der Waals surface area contributed by atoms with Crippen molar-refractivity contribution in [3.8, 4) is 11.8 Å². The molecule has 4 nitrogen and oxygen atoms in total. The maximum Gasteiger partial charge on any atom is 0.137 e. The molecule has 0 atom stereocenters. The molecule has 2 aromatic heterocycles. The number of pyridine rings is 1. The van der Waals surface area contributed by atoms with Gasteiger partial charge in [0, 0.05) is 41.5 Å². The van der Waals surface area contributed by atoms with Gasteiger partial charge in [-0.2, -0.15) is 0 Å². The number of benzene rings is 2. The first kappa shape index (κ1) is 15.1. The summed E-state index contributed by atoms with van der Waals surface area (Å²) in [5, 5.41) is 6.62. The van der Waals surface area contributed by atoms with Crippen LogP contribution in [0.3, 0.4) is 0 Å². The number of nitrogens with one attached hydrogen (secondary N) is 1. The molecular weight excluding hydrogens is 308 g/mol. The van der Waals surface area contributed by atoms with Crippen molar-refractivity contribution in [1.82, 2.24) is 15.0 Å². The first-order chi connectivity index (χ1) is 12.4. The molecule has 0 aliphatic carbocycles. The van der Waals surface area contributed by atoms with Crippen molar-refractivity contribution in [3.63, 3.8) is 0 Å². The SMILES string of the molecule is C(#Cc1cncc2ccccc12)CCNc1ncnc2ccccc12. The maximum atomic E-state index is 4.32. The average molecular weight is 324 g/mol. The Hall–Kier alpha value is -3.45. The van der Waals surface area contributed by atoms with E-state index in [-0.39, 0.29) is 0 Å². The van der Waals surface area contributed by atoms with E-state index in [1.54, 1.807) is 6.33 Å². The second-order valence-electron chi connectivity index (χ2n) is 5.63. The summed E-state index contributed by atoms with van der Waals surface area (Å²) in [6, 6.07) is 16.1. The molecule has 0 spiro atoms. The van der Waals surface area contributed by atoms with Crippen molar-refractivity contribution in [2.45, 2.75) is 6.42 Å². The molecular formula is C21H16N4. The van der Waals surface area contributed by atoms with Crippen LogP contribution in [0.2, 0.25) is 0 Å². The van der Waals surface area contributed by atoms with Crippen LogP contribution in [0.4, 0.5) is 5.82 Å². The molecule has 0 unspecified atom stereocenters. The highest BCUT2D eigenvalue weighted by Gasteiger charge is 2.01. The highest BCUT2D eigenvalue weighted by atomic mass is 15.0. The monoisotopic (exact) mass is 324 g/mol. The smallest absolute Gasteiger partial charge is 0.137 e. The van der Waals surface area contributed by atoms with E-state index in [9.17, 15) is 0 Å². The van der Waals surface area contributed by atoms with Crippen molar-refractivity contribution >= 4 is 27.5 Å². The predicted molar refractivity (Wildman–Crippen MR) is 101 cm³/mol. The van der Waals surface area contributed by atoms with Gasteiger partial charge in [0.1, 0.15) is 12.1 Å². The number of fused-ring (bicyclic) bond motifs is 2. The molecule has 4 rings (SSSR count). The van der Waals surface area contributed by atoms with Gasteiger partial charge in [0.05, 0.1) is 11.1 Å². The van der Waals surface area contributed by atoms with Crippen LogP contribution in [-0.2, 0) is 0 Å². The minimum atomic E-state index is 0.724. The molecule has 2 heterocycles. The lowest BCUT2D eigenvalue weighted by Crippen LogP contribution is -2.03. The van der Waals surface area contributed by atoms with Gasteiger partial charge in [0.2, 0.25) is 0 Å². The van der Waals surface area contributed by atoms with Crippen LogP contribution in [0, 0.1) is 11.8 Å². The third-order valence-electron chi connectivity index (χ3n) is 3.98. The van der Waals surface area contributed by atoms with Crippen molar-refractivity contribution in [2.75, 3.05) is 11.9 Å². The van der Waals surface area contributed by atoms with Crippen LogP contribution in [-0.4, -0.2) is 21.5 Å². The number of rotatable bonds is 3. The van der Waals surface area contributed by atoms with E-state index in [0.29, 0.717) is 0 Å². The maximum absolute atomic E-state index is 4.32. The molecule has 4 aromatic rings. The number of hydrogen-bond acceptors (Lipinski definition) is 4. The van der Waals surface area contributed by atoms with E-state index in [1.165, 1.54) is 0 Å². The molecule has 0 saturated carbocycles. The van der Waals surface area contributed by atoms with Gasteiger partial charge in [-0.25, -0.2) is 9.97 Å². The Bertz CT molecular complexity index is 1080. The second-order valence-corrected chi connectivity index (χ2v) is 5.63. The molecule has 0 saturated heterocycles. The quantitative estimate of drug-likeness (QED) is 0.456. The van der Waals surface area contributed by atoms with E-state index in [2.05, 4.69) is 44.2 Å². The molecule has 4 heteroatoms.